The van der Waals surface area contributed by atoms with Crippen LogP contribution in [0.4, 0.5) is 0 Å². The van der Waals surface area contributed by atoms with Crippen molar-refractivity contribution in [3.63, 3.8) is 0 Å². The molecule has 0 spiro atoms. The van der Waals surface area contributed by atoms with Crippen molar-refractivity contribution in [1.29, 1.82) is 0 Å². The van der Waals surface area contributed by atoms with Gasteiger partial charge in [0.1, 0.15) is 6.10 Å². The van der Waals surface area contributed by atoms with E-state index in [1.54, 1.807) is 0 Å². The van der Waals surface area contributed by atoms with Gasteiger partial charge in [0.15, 0.2) is 0 Å². The largest absolute Gasteiger partial charge is 0.472 e. The average molecular weight is 522 g/mol. The molecular formula is C27H56NO6P. The summed E-state index contributed by atoms with van der Waals surface area (Å²) in [5.41, 5.74) is 0. The second-order valence-corrected chi connectivity index (χ2v) is 11.6. The fourth-order valence-electron chi connectivity index (χ4n) is 4.53. The highest BCUT2D eigenvalue weighted by Crippen LogP contribution is 2.43. The zero-order chi connectivity index (χ0) is 25.5. The van der Waals surface area contributed by atoms with Crippen LogP contribution in [0.5, 0.6) is 0 Å². The van der Waals surface area contributed by atoms with Crippen molar-refractivity contribution >= 4 is 7.82 Å². The maximum Gasteiger partial charge on any atom is 0.472 e. The van der Waals surface area contributed by atoms with Crippen LogP contribution in [-0.4, -0.2) is 67.1 Å². The third kappa shape index (κ3) is 21.8. The second-order valence-electron chi connectivity index (χ2n) is 10.2. The number of likely N-dealkylation sites (tertiary alicyclic amines) is 1. The summed E-state index contributed by atoms with van der Waals surface area (Å²) in [6.07, 6.45) is 22.7. The third-order valence-electron chi connectivity index (χ3n) is 6.74. The summed E-state index contributed by atoms with van der Waals surface area (Å²) in [6.45, 7) is 5.50. The Bertz CT molecular complexity index is 504. The normalized spacial score (nSPS) is 17.1. The first-order valence-electron chi connectivity index (χ1n) is 14.6. The first-order valence-corrected chi connectivity index (χ1v) is 16.1. The van der Waals surface area contributed by atoms with Crippen LogP contribution < -0.4 is 0 Å². The molecule has 2 atom stereocenters. The van der Waals surface area contributed by atoms with Gasteiger partial charge in [0, 0.05) is 13.2 Å². The number of phosphoric ester groups is 1. The molecule has 0 amide bonds. The van der Waals surface area contributed by atoms with Crippen LogP contribution in [0.15, 0.2) is 0 Å². The van der Waals surface area contributed by atoms with Gasteiger partial charge in [0.25, 0.3) is 0 Å². The maximum atomic E-state index is 11.9. The molecule has 0 aliphatic carbocycles. The predicted octanol–water partition coefficient (Wildman–Crippen LogP) is 6.85. The van der Waals surface area contributed by atoms with Gasteiger partial charge in [-0.3, -0.25) is 9.05 Å². The molecule has 1 fully saturated rings. The SMILES string of the molecule is CCCCCCCCCCCCCCCCCCOCC(O)COP(=O)(O)OCCN1CCCC1. The lowest BCUT2D eigenvalue weighted by Gasteiger charge is -2.18. The van der Waals surface area contributed by atoms with Crippen molar-refractivity contribution in [3.8, 4) is 0 Å². The molecule has 0 aromatic carbocycles. The van der Waals surface area contributed by atoms with Crippen LogP contribution in [0.3, 0.4) is 0 Å². The molecule has 0 radical (unpaired) electrons. The van der Waals surface area contributed by atoms with Gasteiger partial charge in [-0.05, 0) is 32.4 Å². The summed E-state index contributed by atoms with van der Waals surface area (Å²) >= 11 is 0. The molecule has 210 valence electrons. The number of aliphatic hydroxyl groups is 1. The molecule has 8 heteroatoms. The van der Waals surface area contributed by atoms with Gasteiger partial charge >= 0.3 is 7.82 Å². The highest BCUT2D eigenvalue weighted by Gasteiger charge is 2.23. The molecule has 1 aliphatic heterocycles. The van der Waals surface area contributed by atoms with E-state index >= 15 is 0 Å². The Kier molecular flexibility index (Phi) is 21.8. The molecule has 0 aromatic rings. The summed E-state index contributed by atoms with van der Waals surface area (Å²) < 4.78 is 27.2. The van der Waals surface area contributed by atoms with E-state index in [9.17, 15) is 14.6 Å². The molecule has 35 heavy (non-hydrogen) atoms. The van der Waals surface area contributed by atoms with E-state index in [-0.39, 0.29) is 19.8 Å². The van der Waals surface area contributed by atoms with Crippen LogP contribution in [-0.2, 0) is 18.3 Å². The Balaban J connectivity index is 1.78. The highest BCUT2D eigenvalue weighted by atomic mass is 31.2. The van der Waals surface area contributed by atoms with E-state index in [1.165, 1.54) is 103 Å². The highest BCUT2D eigenvalue weighted by molar-refractivity contribution is 7.47. The number of ether oxygens (including phenoxy) is 1. The van der Waals surface area contributed by atoms with Crippen molar-refractivity contribution in [2.75, 3.05) is 46.1 Å². The molecule has 0 bridgehead atoms. The fraction of sp³-hybridized carbons (Fsp3) is 1.00. The zero-order valence-corrected chi connectivity index (χ0v) is 23.6. The average Bonchev–Trinajstić information content (AvgIpc) is 3.35. The molecule has 1 saturated heterocycles. The predicted molar refractivity (Wildman–Crippen MR) is 144 cm³/mol. The standard InChI is InChI=1S/C27H56NO6P/c1-2-3-4-5-6-7-8-9-10-11-12-13-14-15-16-19-23-32-25-27(29)26-34-35(30,31)33-24-22-28-20-17-18-21-28/h27,29H,2-26H2,1H3,(H,30,31). The Morgan fingerprint density at radius 1 is 0.714 bits per heavy atom. The first kappa shape index (κ1) is 33.0. The van der Waals surface area contributed by atoms with Gasteiger partial charge in [-0.1, -0.05) is 103 Å². The van der Waals surface area contributed by atoms with Crippen molar-refractivity contribution in [2.45, 2.75) is 129 Å². The molecule has 2 unspecified atom stereocenters. The number of hydrogen-bond donors (Lipinski definition) is 2. The van der Waals surface area contributed by atoms with E-state index in [1.807, 2.05) is 0 Å². The van der Waals surface area contributed by atoms with E-state index in [2.05, 4.69) is 11.8 Å². The first-order chi connectivity index (χ1) is 17.0. The van der Waals surface area contributed by atoms with Gasteiger partial charge in [-0.15, -0.1) is 0 Å². The van der Waals surface area contributed by atoms with Crippen molar-refractivity contribution in [1.82, 2.24) is 4.90 Å². The number of phosphoric acid groups is 1. The quantitative estimate of drug-likeness (QED) is 0.0950. The molecule has 0 aromatic heterocycles. The van der Waals surface area contributed by atoms with Crippen LogP contribution >= 0.6 is 7.82 Å². The van der Waals surface area contributed by atoms with E-state index in [0.29, 0.717) is 13.2 Å². The minimum absolute atomic E-state index is 0.104. The second kappa shape index (κ2) is 23.1. The van der Waals surface area contributed by atoms with E-state index in [0.717, 1.165) is 25.9 Å². The van der Waals surface area contributed by atoms with Gasteiger partial charge in [-0.2, -0.15) is 0 Å². The summed E-state index contributed by atoms with van der Waals surface area (Å²) in [6, 6.07) is 0. The molecular weight excluding hydrogens is 465 g/mol. The Hall–Kier alpha value is -0.0100. The molecule has 0 saturated carbocycles. The lowest BCUT2D eigenvalue weighted by atomic mass is 10.0. The Labute approximate surface area is 215 Å². The Morgan fingerprint density at radius 3 is 1.71 bits per heavy atom. The van der Waals surface area contributed by atoms with Crippen molar-refractivity contribution in [3.05, 3.63) is 0 Å². The van der Waals surface area contributed by atoms with Gasteiger partial charge in [0.05, 0.1) is 19.8 Å². The summed E-state index contributed by atoms with van der Waals surface area (Å²) in [4.78, 5) is 11.9. The summed E-state index contributed by atoms with van der Waals surface area (Å²) in [5, 5.41) is 9.90. The minimum atomic E-state index is -4.12. The number of unbranched alkanes of at least 4 members (excludes halogenated alkanes) is 15. The molecule has 1 aliphatic rings. The minimum Gasteiger partial charge on any atom is -0.388 e. The van der Waals surface area contributed by atoms with Crippen LogP contribution in [0.2, 0.25) is 0 Å². The lowest BCUT2D eigenvalue weighted by Crippen LogP contribution is -2.24. The fourth-order valence-corrected chi connectivity index (χ4v) is 5.28. The monoisotopic (exact) mass is 521 g/mol. The van der Waals surface area contributed by atoms with E-state index in [4.69, 9.17) is 13.8 Å². The summed E-state index contributed by atoms with van der Waals surface area (Å²) in [7, 11) is -4.12. The van der Waals surface area contributed by atoms with Crippen LogP contribution in [0, 0.1) is 0 Å². The van der Waals surface area contributed by atoms with E-state index < -0.39 is 13.9 Å². The number of hydrogen-bond acceptors (Lipinski definition) is 6. The Morgan fingerprint density at radius 2 is 1.20 bits per heavy atom. The topological polar surface area (TPSA) is 88.5 Å². The lowest BCUT2D eigenvalue weighted by molar-refractivity contribution is 0.00175. The molecule has 7 nitrogen and oxygen atoms in total. The summed E-state index contributed by atoms with van der Waals surface area (Å²) in [5.74, 6) is 0. The smallest absolute Gasteiger partial charge is 0.388 e. The zero-order valence-electron chi connectivity index (χ0n) is 22.7. The van der Waals surface area contributed by atoms with Gasteiger partial charge in [-0.25, -0.2) is 4.57 Å². The number of aliphatic hydroxyl groups excluding tert-OH is 1. The number of rotatable bonds is 26. The van der Waals surface area contributed by atoms with Crippen LogP contribution in [0.25, 0.3) is 0 Å². The van der Waals surface area contributed by atoms with Crippen molar-refractivity contribution in [2.24, 2.45) is 0 Å². The molecule has 1 rings (SSSR count). The van der Waals surface area contributed by atoms with Gasteiger partial charge in [0.2, 0.25) is 0 Å². The molecule has 2 N–H and O–H groups in total. The number of nitrogens with zero attached hydrogens (tertiary/aromatic N) is 1. The van der Waals surface area contributed by atoms with Crippen LogP contribution in [0.1, 0.15) is 122 Å². The molecule has 1 heterocycles. The third-order valence-corrected chi connectivity index (χ3v) is 7.73. The van der Waals surface area contributed by atoms with Crippen molar-refractivity contribution < 1.29 is 28.3 Å². The van der Waals surface area contributed by atoms with Gasteiger partial charge < -0.3 is 19.6 Å². The maximum absolute atomic E-state index is 11.9.